The zero-order chi connectivity index (χ0) is 22.1. The first-order valence-electron chi connectivity index (χ1n) is 8.54. The van der Waals surface area contributed by atoms with Gasteiger partial charge >= 0.3 is 12.4 Å². The number of amides is 4. The zero-order valence-corrected chi connectivity index (χ0v) is 16.2. The number of urea groups is 1. The number of hydrogen-bond donors (Lipinski definition) is 2. The summed E-state index contributed by atoms with van der Waals surface area (Å²) in [6, 6.07) is 10.0. The number of halogens is 4. The van der Waals surface area contributed by atoms with Crippen LogP contribution in [0.15, 0.2) is 48.5 Å². The minimum Gasteiger partial charge on any atom is -0.406 e. The molecule has 2 aromatic carbocycles. The first-order chi connectivity index (χ1) is 14.0. The second-order valence-corrected chi connectivity index (χ2v) is 7.01. The summed E-state index contributed by atoms with van der Waals surface area (Å²) in [5.74, 6) is -1.78. The highest BCUT2D eigenvalue weighted by atomic mass is 35.5. The van der Waals surface area contributed by atoms with E-state index in [1.165, 1.54) is 19.1 Å². The van der Waals surface area contributed by atoms with Crippen molar-refractivity contribution in [2.75, 3.05) is 11.9 Å². The molecule has 0 radical (unpaired) electrons. The summed E-state index contributed by atoms with van der Waals surface area (Å²) in [6.07, 6.45) is -4.83. The average molecular weight is 442 g/mol. The number of ether oxygens (including phenoxy) is 1. The van der Waals surface area contributed by atoms with Crippen LogP contribution in [0.25, 0.3) is 0 Å². The summed E-state index contributed by atoms with van der Waals surface area (Å²) in [5, 5.41) is 5.42. The van der Waals surface area contributed by atoms with Gasteiger partial charge in [0, 0.05) is 10.7 Å². The van der Waals surface area contributed by atoms with Crippen molar-refractivity contribution in [2.24, 2.45) is 0 Å². The van der Waals surface area contributed by atoms with E-state index in [2.05, 4.69) is 15.4 Å². The maximum atomic E-state index is 12.8. The van der Waals surface area contributed by atoms with Crippen molar-refractivity contribution < 1.29 is 32.3 Å². The number of carbonyl (C=O) groups excluding carboxylic acids is 3. The van der Waals surface area contributed by atoms with Gasteiger partial charge in [-0.15, -0.1) is 13.2 Å². The molecule has 2 aromatic rings. The van der Waals surface area contributed by atoms with Crippen LogP contribution in [0.5, 0.6) is 5.75 Å². The Morgan fingerprint density at radius 3 is 2.30 bits per heavy atom. The molecule has 0 aromatic heterocycles. The van der Waals surface area contributed by atoms with Gasteiger partial charge in [0.05, 0.1) is 0 Å². The lowest BCUT2D eigenvalue weighted by atomic mass is 9.92. The van der Waals surface area contributed by atoms with Gasteiger partial charge in [-0.05, 0) is 48.9 Å². The number of alkyl halides is 3. The molecule has 7 nitrogen and oxygen atoms in total. The maximum Gasteiger partial charge on any atom is 0.573 e. The van der Waals surface area contributed by atoms with Gasteiger partial charge in [-0.2, -0.15) is 0 Å². The number of benzene rings is 2. The normalized spacial score (nSPS) is 18.9. The van der Waals surface area contributed by atoms with Gasteiger partial charge in [0.25, 0.3) is 5.91 Å². The molecule has 1 unspecified atom stereocenters. The van der Waals surface area contributed by atoms with Gasteiger partial charge in [-0.1, -0.05) is 23.7 Å². The van der Waals surface area contributed by atoms with E-state index in [9.17, 15) is 27.6 Å². The maximum absolute atomic E-state index is 12.8. The lowest BCUT2D eigenvalue weighted by Crippen LogP contribution is -2.42. The molecule has 1 saturated heterocycles. The molecule has 1 heterocycles. The van der Waals surface area contributed by atoms with E-state index >= 15 is 0 Å². The molecule has 30 heavy (non-hydrogen) atoms. The number of nitrogens with one attached hydrogen (secondary N) is 2. The fraction of sp³-hybridized carbons (Fsp3) is 0.211. The number of rotatable bonds is 5. The van der Waals surface area contributed by atoms with E-state index < -0.39 is 42.0 Å². The largest absolute Gasteiger partial charge is 0.573 e. The van der Waals surface area contributed by atoms with E-state index in [0.717, 1.165) is 17.0 Å². The van der Waals surface area contributed by atoms with Crippen molar-refractivity contribution in [3.05, 3.63) is 59.1 Å². The van der Waals surface area contributed by atoms with Crippen LogP contribution in [0.1, 0.15) is 12.5 Å². The number of imide groups is 1. The molecule has 1 fully saturated rings. The Morgan fingerprint density at radius 1 is 1.13 bits per heavy atom. The molecule has 2 N–H and O–H groups in total. The van der Waals surface area contributed by atoms with Crippen molar-refractivity contribution in [2.45, 2.75) is 18.8 Å². The molecule has 1 atom stereocenters. The fourth-order valence-corrected chi connectivity index (χ4v) is 3.03. The van der Waals surface area contributed by atoms with E-state index in [1.54, 1.807) is 24.3 Å². The van der Waals surface area contributed by atoms with Crippen LogP contribution < -0.4 is 15.4 Å². The van der Waals surface area contributed by atoms with Crippen LogP contribution >= 0.6 is 11.6 Å². The van der Waals surface area contributed by atoms with Crippen LogP contribution in [0.2, 0.25) is 5.02 Å². The van der Waals surface area contributed by atoms with Gasteiger partial charge in [-0.25, -0.2) is 4.79 Å². The Hall–Kier alpha value is -3.27. The Balaban J connectivity index is 1.66. The van der Waals surface area contributed by atoms with Crippen molar-refractivity contribution in [3.8, 4) is 5.75 Å². The first kappa shape index (κ1) is 21.4. The molecular formula is C19H15ClF3N3O4. The molecule has 4 amide bonds. The number of carbonyl (C=O) groups is 3. The van der Waals surface area contributed by atoms with Crippen LogP contribution in [0.3, 0.4) is 0 Å². The topological polar surface area (TPSA) is 87.7 Å². The third kappa shape index (κ3) is 4.65. The lowest BCUT2D eigenvalue weighted by molar-refractivity contribution is -0.274. The third-order valence-corrected chi connectivity index (χ3v) is 4.62. The number of nitrogens with zero attached hydrogens (tertiary/aromatic N) is 1. The molecule has 0 spiro atoms. The lowest BCUT2D eigenvalue weighted by Gasteiger charge is -2.22. The molecule has 158 valence electrons. The molecule has 1 aliphatic rings. The van der Waals surface area contributed by atoms with E-state index in [-0.39, 0.29) is 5.69 Å². The number of anilines is 1. The molecule has 0 bridgehead atoms. The van der Waals surface area contributed by atoms with Crippen LogP contribution in [0, 0.1) is 0 Å². The summed E-state index contributed by atoms with van der Waals surface area (Å²) >= 11 is 5.85. The molecule has 0 saturated carbocycles. The van der Waals surface area contributed by atoms with Crippen molar-refractivity contribution in [1.29, 1.82) is 0 Å². The first-order valence-corrected chi connectivity index (χ1v) is 8.91. The van der Waals surface area contributed by atoms with Crippen molar-refractivity contribution >= 4 is 35.1 Å². The zero-order valence-electron chi connectivity index (χ0n) is 15.4. The average Bonchev–Trinajstić information content (AvgIpc) is 2.87. The highest BCUT2D eigenvalue weighted by Gasteiger charge is 2.49. The standard InChI is InChI=1S/C19H15ClF3N3O4/c1-18(11-2-4-12(20)5-3-11)16(28)26(17(29)25-18)10-15(27)24-13-6-8-14(9-7-13)30-19(21,22)23/h2-9H,10H2,1H3,(H,24,27)(H,25,29). The minimum atomic E-state index is -4.83. The molecule has 11 heteroatoms. The summed E-state index contributed by atoms with van der Waals surface area (Å²) < 4.78 is 40.3. The highest BCUT2D eigenvalue weighted by molar-refractivity contribution is 6.30. The summed E-state index contributed by atoms with van der Waals surface area (Å²) in [7, 11) is 0. The third-order valence-electron chi connectivity index (χ3n) is 4.37. The predicted octanol–water partition coefficient (Wildman–Crippen LogP) is 3.64. The monoisotopic (exact) mass is 441 g/mol. The minimum absolute atomic E-state index is 0.169. The smallest absolute Gasteiger partial charge is 0.406 e. The van der Waals surface area contributed by atoms with E-state index in [0.29, 0.717) is 10.6 Å². The Kier molecular flexibility index (Phi) is 5.62. The van der Waals surface area contributed by atoms with Gasteiger partial charge in [0.1, 0.15) is 17.8 Å². The quantitative estimate of drug-likeness (QED) is 0.693. The van der Waals surface area contributed by atoms with Gasteiger partial charge in [0.15, 0.2) is 0 Å². The summed E-state index contributed by atoms with van der Waals surface area (Å²) in [4.78, 5) is 38.1. The predicted molar refractivity (Wildman–Crippen MR) is 101 cm³/mol. The van der Waals surface area contributed by atoms with E-state index in [1.807, 2.05) is 0 Å². The summed E-state index contributed by atoms with van der Waals surface area (Å²) in [5.41, 5.74) is -0.700. The van der Waals surface area contributed by atoms with Crippen LogP contribution in [0.4, 0.5) is 23.7 Å². The molecule has 3 rings (SSSR count). The van der Waals surface area contributed by atoms with Crippen molar-refractivity contribution in [3.63, 3.8) is 0 Å². The van der Waals surface area contributed by atoms with Gasteiger partial charge in [-0.3, -0.25) is 14.5 Å². The Bertz CT molecular complexity index is 980. The molecule has 1 aliphatic heterocycles. The number of hydrogen-bond acceptors (Lipinski definition) is 4. The van der Waals surface area contributed by atoms with Gasteiger partial charge < -0.3 is 15.4 Å². The second kappa shape index (κ2) is 7.86. The highest BCUT2D eigenvalue weighted by Crippen LogP contribution is 2.30. The Morgan fingerprint density at radius 2 is 1.73 bits per heavy atom. The van der Waals surface area contributed by atoms with Crippen LogP contribution in [-0.4, -0.2) is 35.7 Å². The van der Waals surface area contributed by atoms with Crippen LogP contribution in [-0.2, 0) is 15.1 Å². The second-order valence-electron chi connectivity index (χ2n) is 6.57. The SMILES string of the molecule is CC1(c2ccc(Cl)cc2)NC(=O)N(CC(=O)Nc2ccc(OC(F)(F)F)cc2)C1=O. The molecular weight excluding hydrogens is 427 g/mol. The molecule has 0 aliphatic carbocycles. The fourth-order valence-electron chi connectivity index (χ4n) is 2.90. The van der Waals surface area contributed by atoms with Crippen molar-refractivity contribution in [1.82, 2.24) is 10.2 Å². The van der Waals surface area contributed by atoms with E-state index in [4.69, 9.17) is 11.6 Å². The summed E-state index contributed by atoms with van der Waals surface area (Å²) in [6.45, 7) is 0.933. The Labute approximate surface area is 173 Å². The van der Waals surface area contributed by atoms with Gasteiger partial charge in [0.2, 0.25) is 5.91 Å².